The van der Waals surface area contributed by atoms with Crippen LogP contribution in [0.4, 0.5) is 8.78 Å². The van der Waals surface area contributed by atoms with Crippen LogP contribution in [0.2, 0.25) is 0 Å². The van der Waals surface area contributed by atoms with Gasteiger partial charge in [0.1, 0.15) is 18.2 Å². The molecule has 2 fully saturated rings. The van der Waals surface area contributed by atoms with Crippen molar-refractivity contribution in [3.63, 3.8) is 0 Å². The second-order valence-electron chi connectivity index (χ2n) is 18.0. The highest BCUT2D eigenvalue weighted by atomic mass is 19.1. The van der Waals surface area contributed by atoms with Crippen LogP contribution < -0.4 is 16.8 Å². The fraction of sp³-hybridized carbons (Fsp3) is 0.591. The third-order valence-corrected chi connectivity index (χ3v) is 13.2. The van der Waals surface area contributed by atoms with E-state index in [-0.39, 0.29) is 61.3 Å². The first kappa shape index (κ1) is 38.7. The minimum Gasteiger partial charge on any atom is -0.363 e. The van der Waals surface area contributed by atoms with Gasteiger partial charge >= 0.3 is 0 Å². The van der Waals surface area contributed by atoms with Gasteiger partial charge in [-0.25, -0.2) is 8.78 Å². The molecular weight excluding hydrogens is 711 g/mol. The summed E-state index contributed by atoms with van der Waals surface area (Å²) >= 11 is 0. The van der Waals surface area contributed by atoms with Crippen molar-refractivity contribution < 1.29 is 18.4 Å². The van der Waals surface area contributed by atoms with Crippen LogP contribution in [0.25, 0.3) is 22.2 Å². The number of carbonyl (C=O) groups excluding carboxylic acids is 2. The van der Waals surface area contributed by atoms with Gasteiger partial charge in [-0.1, -0.05) is 65.8 Å². The summed E-state index contributed by atoms with van der Waals surface area (Å²) < 4.78 is 31.9. The van der Waals surface area contributed by atoms with Crippen LogP contribution in [0.15, 0.2) is 52.4 Å². The number of carbonyl (C=O) groups is 2. The van der Waals surface area contributed by atoms with Crippen molar-refractivity contribution in [2.24, 2.45) is 39.2 Å². The zero-order chi connectivity index (χ0) is 39.7. The van der Waals surface area contributed by atoms with Gasteiger partial charge < -0.3 is 31.2 Å². The summed E-state index contributed by atoms with van der Waals surface area (Å²) in [5.74, 6) is 0.908. The number of nitrogens with one attached hydrogen (secondary N) is 1. The number of fused-ring (bicyclic) bond motifs is 5. The van der Waals surface area contributed by atoms with E-state index in [2.05, 4.69) is 66.2 Å². The average molecular weight is 769 g/mol. The number of rotatable bonds is 9. The molecule has 5 N–H and O–H groups in total. The van der Waals surface area contributed by atoms with E-state index in [0.29, 0.717) is 30.6 Å². The molecule has 0 spiro atoms. The smallest absolute Gasteiger partial charge is 0.240 e. The van der Waals surface area contributed by atoms with E-state index in [4.69, 9.17) is 21.5 Å². The Labute approximate surface area is 329 Å². The number of likely N-dealkylation sites (tertiary alicyclic amines) is 2. The third-order valence-electron chi connectivity index (χ3n) is 13.2. The number of amides is 2. The Kier molecular flexibility index (Phi) is 10.3. The van der Waals surface area contributed by atoms with Gasteiger partial charge in [-0.2, -0.15) is 0 Å². The highest BCUT2D eigenvalue weighted by Gasteiger charge is 2.44. The maximum atomic E-state index is 14.7. The summed E-state index contributed by atoms with van der Waals surface area (Å²) in [4.78, 5) is 39.6. The van der Waals surface area contributed by atoms with E-state index >= 15 is 0 Å². The lowest BCUT2D eigenvalue weighted by Gasteiger charge is -2.32. The first-order chi connectivity index (χ1) is 26.7. The number of aromatic nitrogens is 1. The van der Waals surface area contributed by atoms with E-state index in [1.165, 1.54) is 22.3 Å². The van der Waals surface area contributed by atoms with Gasteiger partial charge in [0.05, 0.1) is 55.9 Å². The lowest BCUT2D eigenvalue weighted by atomic mass is 9.81. The van der Waals surface area contributed by atoms with Crippen LogP contribution in [0.3, 0.4) is 0 Å². The van der Waals surface area contributed by atoms with Gasteiger partial charge in [0.25, 0.3) is 0 Å². The van der Waals surface area contributed by atoms with Gasteiger partial charge in [-0.05, 0) is 65.5 Å². The molecule has 2 saturated heterocycles. The maximum absolute atomic E-state index is 14.7. The number of amidine groups is 1. The molecule has 5 aliphatic rings. The zero-order valence-corrected chi connectivity index (χ0v) is 33.6. The van der Waals surface area contributed by atoms with Gasteiger partial charge in [-0.15, -0.1) is 0 Å². The molecule has 0 saturated carbocycles. The van der Waals surface area contributed by atoms with Crippen LogP contribution in [-0.4, -0.2) is 99.9 Å². The summed E-state index contributed by atoms with van der Waals surface area (Å²) in [5.41, 5.74) is 20.6. The minimum atomic E-state index is -1.10. The zero-order valence-electron chi connectivity index (χ0n) is 33.6. The Morgan fingerprint density at radius 1 is 0.857 bits per heavy atom. The quantitative estimate of drug-likeness (QED) is 0.249. The van der Waals surface area contributed by atoms with Crippen molar-refractivity contribution in [2.75, 3.05) is 19.6 Å². The van der Waals surface area contributed by atoms with E-state index in [0.717, 1.165) is 41.6 Å². The van der Waals surface area contributed by atoms with Crippen LogP contribution in [-0.2, 0) is 16.1 Å². The number of alkyl halides is 2. The van der Waals surface area contributed by atoms with E-state index in [9.17, 15) is 18.4 Å². The molecular formula is C44H58F2N8O2. The lowest BCUT2D eigenvalue weighted by Crippen LogP contribution is -2.52. The maximum Gasteiger partial charge on any atom is 0.240 e. The van der Waals surface area contributed by atoms with Crippen molar-refractivity contribution in [1.29, 1.82) is 0 Å². The largest absolute Gasteiger partial charge is 0.363 e. The monoisotopic (exact) mass is 768 g/mol. The molecule has 10 nitrogen and oxygen atoms in total. The van der Waals surface area contributed by atoms with Gasteiger partial charge in [0.15, 0.2) is 0 Å². The first-order valence-electron chi connectivity index (χ1n) is 20.8. The number of aliphatic imine (C=N–C) groups is 2. The summed E-state index contributed by atoms with van der Waals surface area (Å²) in [6.45, 7) is 13.7. The first-order valence-corrected chi connectivity index (χ1v) is 20.8. The van der Waals surface area contributed by atoms with Gasteiger partial charge in [-0.3, -0.25) is 19.6 Å². The van der Waals surface area contributed by atoms with Crippen LogP contribution in [0.1, 0.15) is 95.9 Å². The Hall–Kier alpha value is -4.16. The number of halogens is 2. The predicted octanol–water partition coefficient (Wildman–Crippen LogP) is 5.90. The molecule has 2 amide bonds. The standard InChI is InChI=1S/C44H58F2N8O2/c1-22(2)32-21-52-36-12-8-25(33-10-11-34(50-33)38-16-28(45)19-53(38)43(55)40(47)23(3)4)13-27(36)15-37(52)30-9-7-26(14-31(30)32)35-18-49-42(51-35)39-17-29(46)20-54(39)44(56)41(48)24(5)6/h7-9,12-15,22-24,28-29,32,34-35,38-41H,10-11,16-21,47-48H2,1-6H3,(H,49,51). The fourth-order valence-corrected chi connectivity index (χ4v) is 9.71. The molecule has 0 radical (unpaired) electrons. The summed E-state index contributed by atoms with van der Waals surface area (Å²) in [7, 11) is 0. The molecule has 8 rings (SSSR count). The van der Waals surface area contributed by atoms with Crippen LogP contribution in [0.5, 0.6) is 0 Å². The second-order valence-corrected chi connectivity index (χ2v) is 18.0. The Balaban J connectivity index is 1.03. The molecule has 300 valence electrons. The molecule has 2 aromatic carbocycles. The predicted molar refractivity (Wildman–Crippen MR) is 218 cm³/mol. The molecule has 9 unspecified atom stereocenters. The number of nitrogens with zero attached hydrogens (tertiary/aromatic N) is 5. The highest BCUT2D eigenvalue weighted by molar-refractivity contribution is 6.05. The SMILES string of the molecule is CC(C)C(N)C(=O)N1CC(F)CC1C1=NCC(c2ccc3c(c2)C(C(C)C)Cn2c-3cc3cc(C4=NC(C5CC(F)CN5C(=O)C(N)C(C)C)CC4)ccc32)N1. The molecule has 6 heterocycles. The molecule has 5 aliphatic heterocycles. The van der Waals surface area contributed by atoms with Crippen LogP contribution in [0, 0.1) is 17.8 Å². The average Bonchev–Trinajstić information content (AvgIpc) is 4.02. The van der Waals surface area contributed by atoms with Crippen molar-refractivity contribution in [2.45, 2.75) is 128 Å². The van der Waals surface area contributed by atoms with Crippen molar-refractivity contribution in [3.8, 4) is 11.3 Å². The lowest BCUT2D eigenvalue weighted by molar-refractivity contribution is -0.135. The Bertz CT molecular complexity index is 2070. The molecule has 0 bridgehead atoms. The molecule has 0 aliphatic carbocycles. The molecule has 1 aromatic heterocycles. The second kappa shape index (κ2) is 15.0. The topological polar surface area (TPSA) is 134 Å². The van der Waals surface area contributed by atoms with Gasteiger partial charge in [0, 0.05) is 53.2 Å². The van der Waals surface area contributed by atoms with Crippen LogP contribution >= 0.6 is 0 Å². The van der Waals surface area contributed by atoms with E-state index < -0.39 is 30.5 Å². The van der Waals surface area contributed by atoms with Crippen molar-refractivity contribution in [1.82, 2.24) is 19.7 Å². The van der Waals surface area contributed by atoms with E-state index in [1.807, 2.05) is 27.7 Å². The fourth-order valence-electron chi connectivity index (χ4n) is 9.71. The number of hydrogen-bond donors (Lipinski definition) is 3. The van der Waals surface area contributed by atoms with Crippen molar-refractivity contribution >= 4 is 34.3 Å². The third kappa shape index (κ3) is 6.84. The Morgan fingerprint density at radius 2 is 1.55 bits per heavy atom. The Morgan fingerprint density at radius 3 is 2.27 bits per heavy atom. The summed E-state index contributed by atoms with van der Waals surface area (Å²) in [6, 6.07) is 13.4. The highest BCUT2D eigenvalue weighted by Crippen LogP contribution is 2.44. The normalized spacial score (nSPS) is 28.6. The molecule has 9 atom stereocenters. The van der Waals surface area contributed by atoms with Gasteiger partial charge in [0.2, 0.25) is 11.8 Å². The summed E-state index contributed by atoms with van der Waals surface area (Å²) in [6.07, 6.45) is -0.0624. The molecule has 3 aromatic rings. The minimum absolute atomic E-state index is 0.0173. The molecule has 56 heavy (non-hydrogen) atoms. The van der Waals surface area contributed by atoms with Crippen molar-refractivity contribution in [3.05, 3.63) is 59.2 Å². The molecule has 12 heteroatoms. The van der Waals surface area contributed by atoms with E-state index in [1.54, 1.807) is 9.80 Å². The number of hydrogen-bond acceptors (Lipinski definition) is 7. The number of benzene rings is 2. The summed E-state index contributed by atoms with van der Waals surface area (Å²) in [5, 5.41) is 4.73. The number of nitrogens with two attached hydrogens (primary N) is 2.